The molecule has 0 saturated carbocycles. The molecule has 24 heavy (non-hydrogen) atoms. The largest absolute Gasteiger partial charge is 0.460 e. The van der Waals surface area contributed by atoms with Gasteiger partial charge < -0.3 is 4.42 Å². The second-order valence-corrected chi connectivity index (χ2v) is 5.16. The van der Waals surface area contributed by atoms with Gasteiger partial charge in [-0.25, -0.2) is 10.1 Å². The van der Waals surface area contributed by atoms with E-state index in [1.165, 1.54) is 10.9 Å². The van der Waals surface area contributed by atoms with E-state index in [4.69, 9.17) is 4.42 Å². The highest BCUT2D eigenvalue weighted by Crippen LogP contribution is 2.13. The van der Waals surface area contributed by atoms with Crippen LogP contribution in [0.3, 0.4) is 0 Å². The summed E-state index contributed by atoms with van der Waals surface area (Å²) < 4.78 is 6.59. The zero-order valence-electron chi connectivity index (χ0n) is 13.3. The summed E-state index contributed by atoms with van der Waals surface area (Å²) in [5, 5.41) is 8.96. The third kappa shape index (κ3) is 2.96. The van der Waals surface area contributed by atoms with Gasteiger partial charge in [-0.2, -0.15) is 10.2 Å². The lowest BCUT2D eigenvalue weighted by Gasteiger charge is -2.08. The zero-order chi connectivity index (χ0) is 17.1. The topological polar surface area (TPSA) is 89.5 Å². The van der Waals surface area contributed by atoms with Crippen molar-refractivity contribution in [1.29, 1.82) is 0 Å². The van der Waals surface area contributed by atoms with E-state index in [-0.39, 0.29) is 11.3 Å². The standard InChI is InChI=1S/C17H16N4O3/c1-3-21-17(23)14-7-5-4-6-13(14)15(20-21)16(22)19-18-10-12-9-8-11(2)24-12/h4-10H,3H2,1-2H3,(H,19,22)/b18-10-. The highest BCUT2D eigenvalue weighted by atomic mass is 16.3. The summed E-state index contributed by atoms with van der Waals surface area (Å²) in [6.07, 6.45) is 1.41. The van der Waals surface area contributed by atoms with Crippen LogP contribution in [-0.4, -0.2) is 21.9 Å². The van der Waals surface area contributed by atoms with Crippen LogP contribution in [0.2, 0.25) is 0 Å². The molecule has 3 aromatic rings. The van der Waals surface area contributed by atoms with Gasteiger partial charge in [-0.1, -0.05) is 18.2 Å². The molecule has 1 aromatic carbocycles. The van der Waals surface area contributed by atoms with Gasteiger partial charge in [0.25, 0.3) is 11.5 Å². The van der Waals surface area contributed by atoms with Gasteiger partial charge in [0, 0.05) is 11.9 Å². The molecule has 0 radical (unpaired) electrons. The Morgan fingerprint density at radius 3 is 2.71 bits per heavy atom. The SMILES string of the molecule is CCn1nc(C(=O)N/N=C\c2ccc(C)o2)c2ccccc2c1=O. The number of hydrogen-bond acceptors (Lipinski definition) is 5. The summed E-state index contributed by atoms with van der Waals surface area (Å²) in [7, 11) is 0. The Bertz CT molecular complexity index is 985. The van der Waals surface area contributed by atoms with Crippen molar-refractivity contribution in [2.45, 2.75) is 20.4 Å². The number of furan rings is 1. The molecule has 0 aliphatic carbocycles. The van der Waals surface area contributed by atoms with E-state index in [1.54, 1.807) is 43.3 Å². The predicted molar refractivity (Wildman–Crippen MR) is 90.2 cm³/mol. The molecule has 1 amide bonds. The van der Waals surface area contributed by atoms with Gasteiger partial charge in [0.1, 0.15) is 11.5 Å². The second kappa shape index (κ2) is 6.49. The van der Waals surface area contributed by atoms with Crippen molar-refractivity contribution in [3.8, 4) is 0 Å². The number of carbonyl (C=O) groups is 1. The number of nitrogens with one attached hydrogen (secondary N) is 1. The Hall–Kier alpha value is -3.22. The lowest BCUT2D eigenvalue weighted by Crippen LogP contribution is -2.28. The van der Waals surface area contributed by atoms with Crippen molar-refractivity contribution in [2.75, 3.05) is 0 Å². The van der Waals surface area contributed by atoms with Crippen molar-refractivity contribution in [1.82, 2.24) is 15.2 Å². The molecule has 2 heterocycles. The van der Waals surface area contributed by atoms with Crippen molar-refractivity contribution >= 4 is 22.9 Å². The van der Waals surface area contributed by atoms with Crippen LogP contribution < -0.4 is 11.0 Å². The quantitative estimate of drug-likeness (QED) is 0.588. The van der Waals surface area contributed by atoms with Gasteiger partial charge in [-0.15, -0.1) is 0 Å². The zero-order valence-corrected chi connectivity index (χ0v) is 13.3. The van der Waals surface area contributed by atoms with E-state index in [2.05, 4.69) is 15.6 Å². The summed E-state index contributed by atoms with van der Waals surface area (Å²) in [6.45, 7) is 3.99. The van der Waals surface area contributed by atoms with Crippen molar-refractivity contribution in [3.05, 3.63) is 64.0 Å². The number of hydrazone groups is 1. The van der Waals surface area contributed by atoms with Crippen LogP contribution in [0.5, 0.6) is 0 Å². The summed E-state index contributed by atoms with van der Waals surface area (Å²) in [5.74, 6) is 0.794. The molecule has 7 heteroatoms. The number of aromatic nitrogens is 2. The van der Waals surface area contributed by atoms with Gasteiger partial charge in [-0.3, -0.25) is 9.59 Å². The average molecular weight is 324 g/mol. The van der Waals surface area contributed by atoms with Crippen LogP contribution in [0, 0.1) is 6.92 Å². The number of carbonyl (C=O) groups excluding carboxylic acids is 1. The van der Waals surface area contributed by atoms with E-state index >= 15 is 0 Å². The highest BCUT2D eigenvalue weighted by molar-refractivity contribution is 6.04. The molecule has 0 atom stereocenters. The Kier molecular flexibility index (Phi) is 4.24. The molecule has 2 aromatic heterocycles. The second-order valence-electron chi connectivity index (χ2n) is 5.16. The van der Waals surface area contributed by atoms with Crippen LogP contribution in [0.15, 0.2) is 50.7 Å². The summed E-state index contributed by atoms with van der Waals surface area (Å²) in [4.78, 5) is 24.7. The Balaban J connectivity index is 1.93. The average Bonchev–Trinajstić information content (AvgIpc) is 3.00. The Labute approximate surface area is 137 Å². The molecule has 0 bridgehead atoms. The Morgan fingerprint density at radius 1 is 1.29 bits per heavy atom. The lowest BCUT2D eigenvalue weighted by atomic mass is 10.1. The monoisotopic (exact) mass is 324 g/mol. The number of hydrogen-bond donors (Lipinski definition) is 1. The van der Waals surface area contributed by atoms with Crippen LogP contribution in [0.25, 0.3) is 10.8 Å². The van der Waals surface area contributed by atoms with Crippen molar-refractivity contribution in [3.63, 3.8) is 0 Å². The minimum Gasteiger partial charge on any atom is -0.460 e. The maximum Gasteiger partial charge on any atom is 0.292 e. The third-order valence-electron chi connectivity index (χ3n) is 3.50. The van der Waals surface area contributed by atoms with Crippen LogP contribution >= 0.6 is 0 Å². The Morgan fingerprint density at radius 2 is 2.04 bits per heavy atom. The van der Waals surface area contributed by atoms with Gasteiger partial charge in [0.05, 0.1) is 11.6 Å². The number of nitrogens with zero attached hydrogens (tertiary/aromatic N) is 3. The molecule has 0 spiro atoms. The normalized spacial score (nSPS) is 11.2. The minimum absolute atomic E-state index is 0.153. The molecule has 7 nitrogen and oxygen atoms in total. The number of rotatable bonds is 4. The van der Waals surface area contributed by atoms with E-state index in [0.717, 1.165) is 5.76 Å². The first-order valence-electron chi connectivity index (χ1n) is 7.50. The van der Waals surface area contributed by atoms with E-state index in [0.29, 0.717) is 23.1 Å². The molecule has 3 rings (SSSR count). The molecule has 0 aliphatic heterocycles. The fourth-order valence-corrected chi connectivity index (χ4v) is 2.35. The highest BCUT2D eigenvalue weighted by Gasteiger charge is 2.15. The molecule has 0 fully saturated rings. The van der Waals surface area contributed by atoms with Gasteiger partial charge in [-0.05, 0) is 32.0 Å². The molecule has 0 saturated heterocycles. The predicted octanol–water partition coefficient (Wildman–Crippen LogP) is 2.08. The first kappa shape index (κ1) is 15.7. The fourth-order valence-electron chi connectivity index (χ4n) is 2.35. The molecule has 0 aliphatic rings. The molecular weight excluding hydrogens is 308 g/mol. The molecule has 0 unspecified atom stereocenters. The summed E-state index contributed by atoms with van der Waals surface area (Å²) >= 11 is 0. The summed E-state index contributed by atoms with van der Waals surface area (Å²) in [6, 6.07) is 10.4. The molecule has 1 N–H and O–H groups in total. The molecular formula is C17H16N4O3. The molecule has 122 valence electrons. The number of aryl methyl sites for hydroxylation is 2. The first-order valence-corrected chi connectivity index (χ1v) is 7.50. The fraction of sp³-hybridized carbons (Fsp3) is 0.176. The number of benzene rings is 1. The lowest BCUT2D eigenvalue weighted by molar-refractivity contribution is 0.0949. The summed E-state index contributed by atoms with van der Waals surface area (Å²) in [5.41, 5.74) is 2.34. The van der Waals surface area contributed by atoms with Crippen molar-refractivity contribution in [2.24, 2.45) is 5.10 Å². The van der Waals surface area contributed by atoms with Gasteiger partial charge in [0.15, 0.2) is 5.69 Å². The van der Waals surface area contributed by atoms with Crippen molar-refractivity contribution < 1.29 is 9.21 Å². The van der Waals surface area contributed by atoms with E-state index < -0.39 is 5.91 Å². The smallest absolute Gasteiger partial charge is 0.292 e. The third-order valence-corrected chi connectivity index (χ3v) is 3.50. The van der Waals surface area contributed by atoms with Crippen LogP contribution in [0.4, 0.5) is 0 Å². The van der Waals surface area contributed by atoms with E-state index in [1.807, 2.05) is 6.92 Å². The number of amides is 1. The maximum atomic E-state index is 12.4. The van der Waals surface area contributed by atoms with Crippen LogP contribution in [-0.2, 0) is 6.54 Å². The maximum absolute atomic E-state index is 12.4. The van der Waals surface area contributed by atoms with Gasteiger partial charge in [0.2, 0.25) is 0 Å². The van der Waals surface area contributed by atoms with Gasteiger partial charge >= 0.3 is 0 Å². The van der Waals surface area contributed by atoms with Crippen LogP contribution in [0.1, 0.15) is 28.9 Å². The minimum atomic E-state index is -0.493. The first-order chi connectivity index (χ1) is 11.6. The number of fused-ring (bicyclic) bond motifs is 1. The van der Waals surface area contributed by atoms with E-state index in [9.17, 15) is 9.59 Å².